The van der Waals surface area contributed by atoms with Crippen molar-refractivity contribution in [1.29, 1.82) is 0 Å². The predicted octanol–water partition coefficient (Wildman–Crippen LogP) is 3.32. The molecule has 1 aliphatic rings. The van der Waals surface area contributed by atoms with Gasteiger partial charge in [0.15, 0.2) is 5.65 Å². The summed E-state index contributed by atoms with van der Waals surface area (Å²) in [7, 11) is 0. The highest BCUT2D eigenvalue weighted by Crippen LogP contribution is 2.26. The molecule has 1 fully saturated rings. The topological polar surface area (TPSA) is 77.8 Å². The van der Waals surface area contributed by atoms with E-state index in [0.29, 0.717) is 6.01 Å². The lowest BCUT2D eigenvalue weighted by Gasteiger charge is -2.21. The minimum Gasteiger partial charge on any atom is -0.461 e. The fraction of sp³-hybridized carbons (Fsp3) is 0.562. The third kappa shape index (κ3) is 3.98. The van der Waals surface area contributed by atoms with Gasteiger partial charge in [-0.3, -0.25) is 4.40 Å². The monoisotopic (exact) mass is 396 g/mol. The predicted molar refractivity (Wildman–Crippen MR) is 92.1 cm³/mol. The Balaban J connectivity index is 1.59. The van der Waals surface area contributed by atoms with Crippen molar-refractivity contribution >= 4 is 27.7 Å². The average molecular weight is 397 g/mol. The van der Waals surface area contributed by atoms with Crippen molar-refractivity contribution in [2.45, 2.75) is 57.8 Å². The summed E-state index contributed by atoms with van der Waals surface area (Å²) in [5.41, 5.74) is 0.272. The fourth-order valence-electron chi connectivity index (χ4n) is 2.76. The normalized spacial score (nSPS) is 21.0. The van der Waals surface area contributed by atoms with Crippen LogP contribution in [0.15, 0.2) is 23.1 Å². The van der Waals surface area contributed by atoms with Crippen LogP contribution in [0.5, 0.6) is 6.01 Å². The number of halogens is 1. The molecule has 8 heteroatoms. The zero-order chi connectivity index (χ0) is 17.3. The van der Waals surface area contributed by atoms with Gasteiger partial charge in [0.25, 0.3) is 0 Å². The lowest BCUT2D eigenvalue weighted by atomic mass is 10.2. The highest BCUT2D eigenvalue weighted by Gasteiger charge is 2.29. The number of alkyl carbamates (subject to hydrolysis) is 1. The summed E-state index contributed by atoms with van der Waals surface area (Å²) in [6.07, 6.45) is 7.26. The Morgan fingerprint density at radius 1 is 1.38 bits per heavy atom. The lowest BCUT2D eigenvalue weighted by Crippen LogP contribution is -2.38. The number of fused-ring (bicyclic) bond motifs is 1. The minimum atomic E-state index is -0.493. The summed E-state index contributed by atoms with van der Waals surface area (Å²) in [6, 6.07) is 0.562. The van der Waals surface area contributed by atoms with Gasteiger partial charge in [0.1, 0.15) is 11.7 Å². The third-order valence-electron chi connectivity index (χ3n) is 3.73. The molecule has 2 aromatic rings. The number of aromatic nitrogens is 3. The lowest BCUT2D eigenvalue weighted by molar-refractivity contribution is 0.0502. The van der Waals surface area contributed by atoms with Gasteiger partial charge in [0, 0.05) is 24.9 Å². The first-order chi connectivity index (χ1) is 11.3. The number of ether oxygens (including phenoxy) is 2. The van der Waals surface area contributed by atoms with Crippen molar-refractivity contribution in [3.8, 4) is 6.01 Å². The molecular formula is C16H21BrN4O3. The van der Waals surface area contributed by atoms with Gasteiger partial charge in [0.2, 0.25) is 0 Å². The molecule has 0 aliphatic heterocycles. The van der Waals surface area contributed by atoms with E-state index in [1.165, 1.54) is 0 Å². The van der Waals surface area contributed by atoms with E-state index in [4.69, 9.17) is 9.47 Å². The zero-order valence-electron chi connectivity index (χ0n) is 14.0. The van der Waals surface area contributed by atoms with Crippen LogP contribution >= 0.6 is 15.9 Å². The minimum absolute atomic E-state index is 0.00390. The smallest absolute Gasteiger partial charge is 0.407 e. The molecule has 0 saturated heterocycles. The van der Waals surface area contributed by atoms with Crippen LogP contribution in [0.3, 0.4) is 0 Å². The maximum atomic E-state index is 11.9. The molecular weight excluding hydrogens is 376 g/mol. The van der Waals surface area contributed by atoms with E-state index in [1.54, 1.807) is 16.8 Å². The number of nitrogens with zero attached hydrogens (tertiary/aromatic N) is 3. The van der Waals surface area contributed by atoms with E-state index in [9.17, 15) is 4.79 Å². The average Bonchev–Trinajstić information content (AvgIpc) is 3.09. The molecule has 1 N–H and O–H groups in total. The first-order valence-corrected chi connectivity index (χ1v) is 8.75. The first-order valence-electron chi connectivity index (χ1n) is 7.95. The molecule has 0 unspecified atom stereocenters. The molecule has 0 spiro atoms. The van der Waals surface area contributed by atoms with E-state index in [1.807, 2.05) is 27.0 Å². The van der Waals surface area contributed by atoms with E-state index >= 15 is 0 Å². The maximum absolute atomic E-state index is 11.9. The standard InChI is InChI=1S/C16H21BrN4O3/c1-16(2,3)24-15(22)20-10-4-5-11(8-10)23-14-19-9-12(17)13-18-6-7-21(13)14/h6-7,9-11H,4-5,8H2,1-3H3,(H,20,22)/t10-,11+/m1/s1. The Morgan fingerprint density at radius 3 is 2.92 bits per heavy atom. The van der Waals surface area contributed by atoms with Crippen LogP contribution in [-0.4, -0.2) is 38.2 Å². The third-order valence-corrected chi connectivity index (χ3v) is 4.29. The highest BCUT2D eigenvalue weighted by molar-refractivity contribution is 9.10. The van der Waals surface area contributed by atoms with Crippen molar-refractivity contribution in [2.75, 3.05) is 0 Å². The summed E-state index contributed by atoms with van der Waals surface area (Å²) >= 11 is 3.42. The summed E-state index contributed by atoms with van der Waals surface area (Å²) in [5, 5.41) is 2.90. The maximum Gasteiger partial charge on any atom is 0.407 e. The summed E-state index contributed by atoms with van der Waals surface area (Å²) in [6.45, 7) is 5.55. The fourth-order valence-corrected chi connectivity index (χ4v) is 3.15. The number of carbonyl (C=O) groups is 1. The van der Waals surface area contributed by atoms with Crippen molar-refractivity contribution in [1.82, 2.24) is 19.7 Å². The molecule has 2 aromatic heterocycles. The van der Waals surface area contributed by atoms with Gasteiger partial charge in [-0.15, -0.1) is 0 Å². The van der Waals surface area contributed by atoms with Crippen LogP contribution in [0.25, 0.3) is 5.65 Å². The second-order valence-electron chi connectivity index (χ2n) is 6.91. The van der Waals surface area contributed by atoms with Crippen LogP contribution in [0.2, 0.25) is 0 Å². The molecule has 1 amide bonds. The number of hydrogen-bond acceptors (Lipinski definition) is 5. The Labute approximate surface area is 148 Å². The van der Waals surface area contributed by atoms with Crippen LogP contribution < -0.4 is 10.1 Å². The van der Waals surface area contributed by atoms with Crippen molar-refractivity contribution in [2.24, 2.45) is 0 Å². The van der Waals surface area contributed by atoms with E-state index in [0.717, 1.165) is 29.4 Å². The van der Waals surface area contributed by atoms with Gasteiger partial charge in [-0.25, -0.2) is 14.8 Å². The second kappa shape index (κ2) is 6.58. The number of rotatable bonds is 3. The van der Waals surface area contributed by atoms with Gasteiger partial charge in [0.05, 0.1) is 10.7 Å². The summed E-state index contributed by atoms with van der Waals surface area (Å²) < 4.78 is 13.9. The van der Waals surface area contributed by atoms with E-state index in [2.05, 4.69) is 31.2 Å². The molecule has 2 atom stereocenters. The molecule has 0 bridgehead atoms. The Morgan fingerprint density at radius 2 is 2.17 bits per heavy atom. The number of hydrogen-bond donors (Lipinski definition) is 1. The SMILES string of the molecule is CC(C)(C)OC(=O)N[C@@H]1CC[C@H](Oc2ncc(Br)c3nccn23)C1. The van der Waals surface area contributed by atoms with E-state index < -0.39 is 5.60 Å². The molecule has 1 saturated carbocycles. The number of imidazole rings is 1. The highest BCUT2D eigenvalue weighted by atomic mass is 79.9. The summed E-state index contributed by atoms with van der Waals surface area (Å²) in [5.74, 6) is 0. The van der Waals surface area contributed by atoms with Crippen LogP contribution in [0.4, 0.5) is 4.79 Å². The molecule has 0 radical (unpaired) electrons. The van der Waals surface area contributed by atoms with Crippen LogP contribution in [0, 0.1) is 0 Å². The Hall–Kier alpha value is -1.83. The number of carbonyl (C=O) groups excluding carboxylic acids is 1. The Bertz CT molecular complexity index is 740. The van der Waals surface area contributed by atoms with Crippen molar-refractivity contribution in [3.05, 3.63) is 23.1 Å². The van der Waals surface area contributed by atoms with Gasteiger partial charge in [-0.1, -0.05) is 0 Å². The van der Waals surface area contributed by atoms with E-state index in [-0.39, 0.29) is 18.2 Å². The van der Waals surface area contributed by atoms with Gasteiger partial charge < -0.3 is 14.8 Å². The van der Waals surface area contributed by atoms with Crippen molar-refractivity contribution < 1.29 is 14.3 Å². The van der Waals surface area contributed by atoms with Gasteiger partial charge in [-0.2, -0.15) is 0 Å². The van der Waals surface area contributed by atoms with Crippen LogP contribution in [0.1, 0.15) is 40.0 Å². The molecule has 7 nitrogen and oxygen atoms in total. The zero-order valence-corrected chi connectivity index (χ0v) is 15.5. The molecule has 0 aromatic carbocycles. The number of amides is 1. The molecule has 130 valence electrons. The first kappa shape index (κ1) is 17.0. The summed E-state index contributed by atoms with van der Waals surface area (Å²) in [4.78, 5) is 20.4. The van der Waals surface area contributed by atoms with Crippen molar-refractivity contribution in [3.63, 3.8) is 0 Å². The molecule has 1 aliphatic carbocycles. The van der Waals surface area contributed by atoms with Gasteiger partial charge in [-0.05, 0) is 49.5 Å². The molecule has 3 rings (SSSR count). The second-order valence-corrected chi connectivity index (χ2v) is 7.76. The quantitative estimate of drug-likeness (QED) is 0.860. The molecule has 2 heterocycles. The molecule has 24 heavy (non-hydrogen) atoms. The Kier molecular flexibility index (Phi) is 4.67. The number of nitrogens with one attached hydrogen (secondary N) is 1. The van der Waals surface area contributed by atoms with Crippen LogP contribution in [-0.2, 0) is 4.74 Å². The van der Waals surface area contributed by atoms with Gasteiger partial charge >= 0.3 is 12.1 Å². The largest absolute Gasteiger partial charge is 0.461 e.